The van der Waals surface area contributed by atoms with Crippen LogP contribution in [-0.4, -0.2) is 21.6 Å². The second-order valence-corrected chi connectivity index (χ2v) is 7.71. The number of carbonyl (C=O) groups excluding carboxylic acids is 2. The van der Waals surface area contributed by atoms with Crippen molar-refractivity contribution in [2.45, 2.75) is 20.8 Å². The first-order valence-electron chi connectivity index (χ1n) is 10.3. The van der Waals surface area contributed by atoms with Crippen molar-refractivity contribution in [1.82, 2.24) is 9.78 Å². The normalized spacial score (nSPS) is 10.6. The molecule has 0 saturated heterocycles. The largest absolute Gasteiger partial charge is 0.326 e. The van der Waals surface area contributed by atoms with Crippen LogP contribution in [0.15, 0.2) is 79.0 Å². The Morgan fingerprint density at radius 2 is 1.56 bits per heavy atom. The molecule has 2 N–H and O–H groups in total. The number of benzene rings is 3. The van der Waals surface area contributed by atoms with Crippen LogP contribution in [0.3, 0.4) is 0 Å². The summed E-state index contributed by atoms with van der Waals surface area (Å²) in [4.78, 5) is 24.7. The van der Waals surface area contributed by atoms with Gasteiger partial charge in [0.15, 0.2) is 0 Å². The van der Waals surface area contributed by atoms with Gasteiger partial charge < -0.3 is 10.6 Å². The first-order chi connectivity index (χ1) is 15.4. The van der Waals surface area contributed by atoms with Crippen molar-refractivity contribution in [1.29, 1.82) is 0 Å². The van der Waals surface area contributed by atoms with E-state index in [0.717, 1.165) is 22.4 Å². The number of amides is 2. The lowest BCUT2D eigenvalue weighted by Crippen LogP contribution is -2.13. The zero-order valence-corrected chi connectivity index (χ0v) is 18.2. The monoisotopic (exact) mass is 424 g/mol. The Hall–Kier alpha value is -4.19. The summed E-state index contributed by atoms with van der Waals surface area (Å²) in [5.74, 6) is -0.447. The Bertz CT molecular complexity index is 1290. The highest BCUT2D eigenvalue weighted by Crippen LogP contribution is 2.28. The molecule has 0 saturated carbocycles. The molecule has 6 nitrogen and oxygen atoms in total. The molecule has 1 heterocycles. The SMILES string of the molecule is CC(=O)Nc1cccc(NC(=O)c2cn(-c3ccccc3)nc2-c2ccc(C)cc2C)c1. The third-order valence-corrected chi connectivity index (χ3v) is 5.06. The maximum absolute atomic E-state index is 13.3. The molecule has 0 atom stereocenters. The standard InChI is InChI=1S/C26H24N4O2/c1-17-12-13-23(18(2)14-17)25-24(16-30(29-25)22-10-5-4-6-11-22)26(32)28-21-9-7-8-20(15-21)27-19(3)31/h4-16H,1-3H3,(H,27,31)(H,28,32). The van der Waals surface area contributed by atoms with Crippen LogP contribution >= 0.6 is 0 Å². The van der Waals surface area contributed by atoms with Crippen molar-refractivity contribution in [3.05, 3.63) is 95.7 Å². The summed E-state index contributed by atoms with van der Waals surface area (Å²) in [6, 6.07) is 22.8. The molecule has 4 rings (SSSR count). The molecule has 3 aromatic carbocycles. The Kier molecular flexibility index (Phi) is 5.85. The topological polar surface area (TPSA) is 76.0 Å². The lowest BCUT2D eigenvalue weighted by atomic mass is 10.0. The second kappa shape index (κ2) is 8.89. The molecule has 0 spiro atoms. The van der Waals surface area contributed by atoms with E-state index in [4.69, 9.17) is 5.10 Å². The summed E-state index contributed by atoms with van der Waals surface area (Å²) in [5, 5.41) is 10.4. The number of nitrogens with zero attached hydrogens (tertiary/aromatic N) is 2. The highest BCUT2D eigenvalue weighted by atomic mass is 16.2. The van der Waals surface area contributed by atoms with Gasteiger partial charge in [-0.2, -0.15) is 5.10 Å². The maximum atomic E-state index is 13.3. The van der Waals surface area contributed by atoms with Gasteiger partial charge in [-0.05, 0) is 49.7 Å². The number of aromatic nitrogens is 2. The van der Waals surface area contributed by atoms with E-state index >= 15 is 0 Å². The minimum absolute atomic E-state index is 0.172. The van der Waals surface area contributed by atoms with E-state index in [9.17, 15) is 9.59 Å². The van der Waals surface area contributed by atoms with Crippen molar-refractivity contribution in [3.8, 4) is 16.9 Å². The molecular weight excluding hydrogens is 400 g/mol. The Morgan fingerprint density at radius 3 is 2.25 bits per heavy atom. The summed E-state index contributed by atoms with van der Waals surface area (Å²) in [7, 11) is 0. The molecule has 0 bridgehead atoms. The van der Waals surface area contributed by atoms with Gasteiger partial charge in [0, 0.05) is 30.1 Å². The maximum Gasteiger partial charge on any atom is 0.259 e. The van der Waals surface area contributed by atoms with Gasteiger partial charge in [0.05, 0.1) is 11.3 Å². The average molecular weight is 425 g/mol. The predicted molar refractivity (Wildman–Crippen MR) is 127 cm³/mol. The van der Waals surface area contributed by atoms with Crippen molar-refractivity contribution in [3.63, 3.8) is 0 Å². The average Bonchev–Trinajstić information content (AvgIpc) is 3.19. The number of hydrogen-bond acceptors (Lipinski definition) is 3. The van der Waals surface area contributed by atoms with Crippen LogP contribution in [0.25, 0.3) is 16.9 Å². The number of para-hydroxylation sites is 1. The molecule has 0 fully saturated rings. The molecule has 0 aliphatic heterocycles. The minimum atomic E-state index is -0.276. The number of aryl methyl sites for hydroxylation is 2. The molecule has 0 aliphatic rings. The quantitative estimate of drug-likeness (QED) is 0.452. The van der Waals surface area contributed by atoms with Gasteiger partial charge in [0.1, 0.15) is 5.69 Å². The van der Waals surface area contributed by atoms with Gasteiger partial charge in [-0.1, -0.05) is 48.0 Å². The van der Waals surface area contributed by atoms with E-state index in [2.05, 4.69) is 16.7 Å². The van der Waals surface area contributed by atoms with Crippen molar-refractivity contribution < 1.29 is 9.59 Å². The lowest BCUT2D eigenvalue weighted by molar-refractivity contribution is -0.114. The molecule has 0 aliphatic carbocycles. The summed E-state index contributed by atoms with van der Waals surface area (Å²) in [5.41, 5.74) is 6.24. The smallest absolute Gasteiger partial charge is 0.259 e. The number of rotatable bonds is 5. The fourth-order valence-corrected chi connectivity index (χ4v) is 3.61. The van der Waals surface area contributed by atoms with Gasteiger partial charge in [0.2, 0.25) is 5.91 Å². The van der Waals surface area contributed by atoms with Crippen LogP contribution in [0, 0.1) is 13.8 Å². The van der Waals surface area contributed by atoms with E-state index in [1.807, 2.05) is 56.3 Å². The van der Waals surface area contributed by atoms with Crippen LogP contribution in [0.5, 0.6) is 0 Å². The van der Waals surface area contributed by atoms with Gasteiger partial charge in [-0.3, -0.25) is 9.59 Å². The van der Waals surface area contributed by atoms with Crippen LogP contribution in [0.1, 0.15) is 28.4 Å². The van der Waals surface area contributed by atoms with Gasteiger partial charge in [-0.15, -0.1) is 0 Å². The van der Waals surface area contributed by atoms with Crippen LogP contribution < -0.4 is 10.6 Å². The number of anilines is 2. The van der Waals surface area contributed by atoms with E-state index in [1.165, 1.54) is 6.92 Å². The molecule has 32 heavy (non-hydrogen) atoms. The number of hydrogen-bond donors (Lipinski definition) is 2. The first-order valence-corrected chi connectivity index (χ1v) is 10.3. The summed E-state index contributed by atoms with van der Waals surface area (Å²) < 4.78 is 1.72. The zero-order chi connectivity index (χ0) is 22.7. The Balaban J connectivity index is 1.74. The molecule has 6 heteroatoms. The van der Waals surface area contributed by atoms with Crippen molar-refractivity contribution >= 4 is 23.2 Å². The lowest BCUT2D eigenvalue weighted by Gasteiger charge is -2.09. The summed E-state index contributed by atoms with van der Waals surface area (Å²) in [6.07, 6.45) is 1.75. The highest BCUT2D eigenvalue weighted by Gasteiger charge is 2.20. The minimum Gasteiger partial charge on any atom is -0.326 e. The van der Waals surface area contributed by atoms with E-state index in [-0.39, 0.29) is 11.8 Å². The Morgan fingerprint density at radius 1 is 0.844 bits per heavy atom. The number of nitrogens with one attached hydrogen (secondary N) is 2. The highest BCUT2D eigenvalue weighted by molar-refractivity contribution is 6.08. The molecule has 0 radical (unpaired) electrons. The third kappa shape index (κ3) is 4.59. The summed E-state index contributed by atoms with van der Waals surface area (Å²) >= 11 is 0. The molecular formula is C26H24N4O2. The molecule has 2 amide bonds. The predicted octanol–water partition coefficient (Wildman–Crippen LogP) is 5.37. The van der Waals surface area contributed by atoms with Gasteiger partial charge in [0.25, 0.3) is 5.91 Å². The van der Waals surface area contributed by atoms with Crippen LogP contribution in [0.2, 0.25) is 0 Å². The molecule has 4 aromatic rings. The van der Waals surface area contributed by atoms with Gasteiger partial charge in [-0.25, -0.2) is 4.68 Å². The van der Waals surface area contributed by atoms with E-state index in [1.54, 1.807) is 35.1 Å². The van der Waals surface area contributed by atoms with E-state index < -0.39 is 0 Å². The second-order valence-electron chi connectivity index (χ2n) is 7.71. The van der Waals surface area contributed by atoms with Crippen LogP contribution in [0.4, 0.5) is 11.4 Å². The van der Waals surface area contributed by atoms with Gasteiger partial charge >= 0.3 is 0 Å². The fourth-order valence-electron chi connectivity index (χ4n) is 3.61. The van der Waals surface area contributed by atoms with E-state index in [0.29, 0.717) is 22.6 Å². The third-order valence-electron chi connectivity index (χ3n) is 5.06. The molecule has 160 valence electrons. The van der Waals surface area contributed by atoms with Crippen molar-refractivity contribution in [2.24, 2.45) is 0 Å². The summed E-state index contributed by atoms with van der Waals surface area (Å²) in [6.45, 7) is 5.50. The number of carbonyl (C=O) groups is 2. The molecule has 0 unspecified atom stereocenters. The molecule has 1 aromatic heterocycles. The zero-order valence-electron chi connectivity index (χ0n) is 18.2. The van der Waals surface area contributed by atoms with Crippen molar-refractivity contribution in [2.75, 3.05) is 10.6 Å². The Labute approximate surface area is 186 Å². The fraction of sp³-hybridized carbons (Fsp3) is 0.115. The van der Waals surface area contributed by atoms with Crippen LogP contribution in [-0.2, 0) is 4.79 Å². The first kappa shape index (κ1) is 21.1.